The summed E-state index contributed by atoms with van der Waals surface area (Å²) in [6.45, 7) is 0.631. The van der Waals surface area contributed by atoms with E-state index in [0.717, 1.165) is 11.3 Å². The van der Waals surface area contributed by atoms with E-state index in [4.69, 9.17) is 5.11 Å². The van der Waals surface area contributed by atoms with Crippen molar-refractivity contribution in [2.24, 2.45) is 0 Å². The van der Waals surface area contributed by atoms with Crippen LogP contribution in [0.3, 0.4) is 0 Å². The average molecular weight is 178 g/mol. The van der Waals surface area contributed by atoms with Gasteiger partial charge in [-0.15, -0.1) is 0 Å². The quantitative estimate of drug-likeness (QED) is 0.609. The smallest absolute Gasteiger partial charge is 0.405 e. The van der Waals surface area contributed by atoms with Gasteiger partial charge >= 0.3 is 6.09 Å². The molecule has 1 heterocycles. The van der Waals surface area contributed by atoms with Gasteiger partial charge in [0.15, 0.2) is 0 Å². The van der Waals surface area contributed by atoms with E-state index in [9.17, 15) is 4.79 Å². The number of nitrogens with one attached hydrogen (secondary N) is 2. The van der Waals surface area contributed by atoms with Crippen molar-refractivity contribution in [1.29, 1.82) is 0 Å². The van der Waals surface area contributed by atoms with Crippen LogP contribution in [0.5, 0.6) is 0 Å². The van der Waals surface area contributed by atoms with E-state index in [0.29, 0.717) is 6.54 Å². The summed E-state index contributed by atoms with van der Waals surface area (Å²) in [6.07, 6.45) is -0.983. The molecule has 4 heteroatoms. The zero-order valence-corrected chi connectivity index (χ0v) is 6.95. The number of carboxylic acid groups (broad SMARTS) is 1. The number of carbonyl (C=O) groups is 1. The molecule has 1 aromatic rings. The standard InChI is InChI=1S/C9H10N2O2/c12-9(13)11-8-5-10-7-4-2-1-3-6(7)8/h1-4,8,10-11H,5H2,(H,12,13). The first-order valence-corrected chi connectivity index (χ1v) is 4.09. The van der Waals surface area contributed by atoms with Gasteiger partial charge in [-0.2, -0.15) is 0 Å². The van der Waals surface area contributed by atoms with Crippen molar-refractivity contribution in [3.05, 3.63) is 29.8 Å². The van der Waals surface area contributed by atoms with Gasteiger partial charge in [-0.3, -0.25) is 0 Å². The van der Waals surface area contributed by atoms with Crippen molar-refractivity contribution in [2.75, 3.05) is 11.9 Å². The van der Waals surface area contributed by atoms with Crippen LogP contribution in [-0.4, -0.2) is 17.7 Å². The molecular formula is C9H10N2O2. The molecule has 1 aliphatic rings. The van der Waals surface area contributed by atoms with Gasteiger partial charge in [0.2, 0.25) is 0 Å². The third-order valence-corrected chi connectivity index (χ3v) is 2.13. The zero-order chi connectivity index (χ0) is 9.26. The largest absolute Gasteiger partial charge is 0.465 e. The van der Waals surface area contributed by atoms with Crippen molar-refractivity contribution in [1.82, 2.24) is 5.32 Å². The fourth-order valence-corrected chi connectivity index (χ4v) is 1.56. The van der Waals surface area contributed by atoms with Crippen molar-refractivity contribution in [2.45, 2.75) is 6.04 Å². The van der Waals surface area contributed by atoms with Gasteiger partial charge < -0.3 is 15.7 Å². The fraction of sp³-hybridized carbons (Fsp3) is 0.222. The van der Waals surface area contributed by atoms with Gasteiger partial charge in [-0.25, -0.2) is 4.79 Å². The number of fused-ring (bicyclic) bond motifs is 1. The average Bonchev–Trinajstić information content (AvgIpc) is 2.48. The van der Waals surface area contributed by atoms with Crippen LogP contribution >= 0.6 is 0 Å². The number of rotatable bonds is 1. The second kappa shape index (κ2) is 2.97. The maximum absolute atomic E-state index is 10.4. The maximum atomic E-state index is 10.4. The molecule has 0 spiro atoms. The normalized spacial score (nSPS) is 18.9. The summed E-state index contributed by atoms with van der Waals surface area (Å²) < 4.78 is 0. The fourth-order valence-electron chi connectivity index (χ4n) is 1.56. The highest BCUT2D eigenvalue weighted by atomic mass is 16.4. The third kappa shape index (κ3) is 1.42. The van der Waals surface area contributed by atoms with E-state index in [2.05, 4.69) is 10.6 Å². The molecular weight excluding hydrogens is 168 g/mol. The minimum atomic E-state index is -0.983. The van der Waals surface area contributed by atoms with Crippen molar-refractivity contribution in [3.63, 3.8) is 0 Å². The van der Waals surface area contributed by atoms with E-state index in [-0.39, 0.29) is 6.04 Å². The second-order valence-corrected chi connectivity index (χ2v) is 2.97. The number of para-hydroxylation sites is 1. The summed E-state index contributed by atoms with van der Waals surface area (Å²) in [5.41, 5.74) is 2.03. The Bertz CT molecular complexity index is 338. The minimum Gasteiger partial charge on any atom is -0.465 e. The Hall–Kier alpha value is -1.71. The van der Waals surface area contributed by atoms with Gasteiger partial charge in [-0.05, 0) is 11.6 Å². The summed E-state index contributed by atoms with van der Waals surface area (Å²) in [4.78, 5) is 10.4. The van der Waals surface area contributed by atoms with E-state index < -0.39 is 6.09 Å². The second-order valence-electron chi connectivity index (χ2n) is 2.97. The third-order valence-electron chi connectivity index (χ3n) is 2.13. The van der Waals surface area contributed by atoms with Crippen LogP contribution in [0.25, 0.3) is 0 Å². The molecule has 1 amide bonds. The van der Waals surface area contributed by atoms with Crippen LogP contribution in [-0.2, 0) is 0 Å². The Kier molecular flexibility index (Phi) is 1.81. The van der Waals surface area contributed by atoms with Crippen molar-refractivity contribution in [3.8, 4) is 0 Å². The van der Waals surface area contributed by atoms with Crippen LogP contribution < -0.4 is 10.6 Å². The Morgan fingerprint density at radius 1 is 1.54 bits per heavy atom. The lowest BCUT2D eigenvalue weighted by Crippen LogP contribution is -2.27. The number of benzene rings is 1. The van der Waals surface area contributed by atoms with Gasteiger partial charge in [0.05, 0.1) is 6.04 Å². The summed E-state index contributed by atoms with van der Waals surface area (Å²) in [6, 6.07) is 7.58. The molecule has 13 heavy (non-hydrogen) atoms. The van der Waals surface area contributed by atoms with E-state index in [1.165, 1.54) is 0 Å². The lowest BCUT2D eigenvalue weighted by Gasteiger charge is -2.08. The molecule has 0 aliphatic carbocycles. The highest BCUT2D eigenvalue weighted by molar-refractivity contribution is 5.68. The van der Waals surface area contributed by atoms with E-state index in [1.54, 1.807) is 0 Å². The van der Waals surface area contributed by atoms with Gasteiger partial charge in [-0.1, -0.05) is 18.2 Å². The first-order valence-electron chi connectivity index (χ1n) is 4.09. The molecule has 2 rings (SSSR count). The molecule has 1 aromatic carbocycles. The molecule has 68 valence electrons. The molecule has 0 aromatic heterocycles. The predicted molar refractivity (Wildman–Crippen MR) is 48.8 cm³/mol. The summed E-state index contributed by atoms with van der Waals surface area (Å²) in [5, 5.41) is 14.1. The summed E-state index contributed by atoms with van der Waals surface area (Å²) in [5.74, 6) is 0. The first-order chi connectivity index (χ1) is 6.27. The maximum Gasteiger partial charge on any atom is 0.405 e. The summed E-state index contributed by atoms with van der Waals surface area (Å²) in [7, 11) is 0. The van der Waals surface area contributed by atoms with Crippen LogP contribution in [0.4, 0.5) is 10.5 Å². The SMILES string of the molecule is O=C(O)NC1CNc2ccccc21. The molecule has 0 radical (unpaired) electrons. The Balaban J connectivity index is 2.23. The lowest BCUT2D eigenvalue weighted by atomic mass is 10.1. The van der Waals surface area contributed by atoms with Gasteiger partial charge in [0, 0.05) is 12.2 Å². The predicted octanol–water partition coefficient (Wildman–Crippen LogP) is 1.42. The van der Waals surface area contributed by atoms with E-state index in [1.807, 2.05) is 24.3 Å². The van der Waals surface area contributed by atoms with Crippen molar-refractivity contribution >= 4 is 11.8 Å². The molecule has 0 saturated carbocycles. The number of anilines is 1. The molecule has 1 unspecified atom stereocenters. The first kappa shape index (κ1) is 7.91. The van der Waals surface area contributed by atoms with Crippen LogP contribution in [0.1, 0.15) is 11.6 Å². The Labute approximate surface area is 75.6 Å². The van der Waals surface area contributed by atoms with Crippen molar-refractivity contribution < 1.29 is 9.90 Å². The molecule has 0 saturated heterocycles. The number of amides is 1. The highest BCUT2D eigenvalue weighted by Gasteiger charge is 2.22. The monoisotopic (exact) mass is 178 g/mol. The Morgan fingerprint density at radius 3 is 3.08 bits per heavy atom. The highest BCUT2D eigenvalue weighted by Crippen LogP contribution is 2.28. The van der Waals surface area contributed by atoms with Crippen LogP contribution in [0.2, 0.25) is 0 Å². The van der Waals surface area contributed by atoms with Crippen LogP contribution in [0.15, 0.2) is 24.3 Å². The van der Waals surface area contributed by atoms with Gasteiger partial charge in [0.1, 0.15) is 0 Å². The molecule has 0 bridgehead atoms. The number of hydrogen-bond acceptors (Lipinski definition) is 2. The molecule has 0 fully saturated rings. The topological polar surface area (TPSA) is 61.4 Å². The molecule has 1 atom stereocenters. The number of hydrogen-bond donors (Lipinski definition) is 3. The van der Waals surface area contributed by atoms with Gasteiger partial charge in [0.25, 0.3) is 0 Å². The lowest BCUT2D eigenvalue weighted by molar-refractivity contribution is 0.191. The Morgan fingerprint density at radius 2 is 2.31 bits per heavy atom. The zero-order valence-electron chi connectivity index (χ0n) is 6.95. The minimum absolute atomic E-state index is 0.117. The van der Waals surface area contributed by atoms with E-state index >= 15 is 0 Å². The molecule has 3 N–H and O–H groups in total. The molecule has 4 nitrogen and oxygen atoms in total. The van der Waals surface area contributed by atoms with Crippen LogP contribution in [0, 0.1) is 0 Å². The molecule has 1 aliphatic heterocycles. The summed E-state index contributed by atoms with van der Waals surface area (Å²) >= 11 is 0.